The highest BCUT2D eigenvalue weighted by Crippen LogP contribution is 2.14. The second-order valence-electron chi connectivity index (χ2n) is 4.08. The van der Waals surface area contributed by atoms with Crippen molar-refractivity contribution >= 4 is 17.6 Å². The molecule has 0 saturated heterocycles. The van der Waals surface area contributed by atoms with E-state index < -0.39 is 0 Å². The summed E-state index contributed by atoms with van der Waals surface area (Å²) >= 11 is 0. The second-order valence-corrected chi connectivity index (χ2v) is 4.08. The van der Waals surface area contributed by atoms with Crippen LogP contribution in [-0.4, -0.2) is 20.7 Å². The first-order valence-electron chi connectivity index (χ1n) is 5.49. The predicted molar refractivity (Wildman–Crippen MR) is 66.0 cm³/mol. The van der Waals surface area contributed by atoms with Crippen LogP contribution in [0.15, 0.2) is 10.7 Å². The maximum atomic E-state index is 11.8. The number of amides is 1. The van der Waals surface area contributed by atoms with Gasteiger partial charge in [-0.3, -0.25) is 14.8 Å². The Balaban J connectivity index is 2.05. The van der Waals surface area contributed by atoms with Gasteiger partial charge in [0.2, 0.25) is 5.91 Å². The van der Waals surface area contributed by atoms with Crippen molar-refractivity contribution in [1.29, 1.82) is 0 Å². The summed E-state index contributed by atoms with van der Waals surface area (Å²) in [5.74, 6) is -0.262. The molecule has 0 aliphatic rings. The fraction of sp³-hybridized carbons (Fsp3) is 0.364. The third-order valence-corrected chi connectivity index (χ3v) is 2.60. The van der Waals surface area contributed by atoms with Gasteiger partial charge in [0.05, 0.1) is 22.8 Å². The van der Waals surface area contributed by atoms with E-state index in [0.717, 1.165) is 5.69 Å². The number of anilines is 2. The van der Waals surface area contributed by atoms with Crippen LogP contribution in [0.25, 0.3) is 0 Å². The van der Waals surface area contributed by atoms with Crippen LogP contribution in [0.3, 0.4) is 0 Å². The minimum atomic E-state index is -0.262. The van der Waals surface area contributed by atoms with E-state index in [2.05, 4.69) is 15.4 Å². The lowest BCUT2D eigenvalue weighted by Crippen LogP contribution is -2.20. The molecule has 0 aliphatic heterocycles. The largest absolute Gasteiger partial charge is 0.432 e. The van der Waals surface area contributed by atoms with Gasteiger partial charge in [-0.25, -0.2) is 0 Å². The van der Waals surface area contributed by atoms with Gasteiger partial charge in [0.15, 0.2) is 0 Å². The highest BCUT2D eigenvalue weighted by Gasteiger charge is 2.12. The van der Waals surface area contributed by atoms with Crippen LogP contribution < -0.4 is 11.1 Å². The standard InChI is InChI=1S/C11H15N5O2/c1-6-5-18-11(13-6)14-9(17)4-16-8(3)10(12)7(2)15-16/h5H,4,12H2,1-3H3,(H,13,14,17). The van der Waals surface area contributed by atoms with Gasteiger partial charge in [0.1, 0.15) is 12.8 Å². The Bertz CT molecular complexity index is 584. The topological polar surface area (TPSA) is 99.0 Å². The summed E-state index contributed by atoms with van der Waals surface area (Å²) in [6.07, 6.45) is 1.47. The summed E-state index contributed by atoms with van der Waals surface area (Å²) in [5, 5.41) is 6.73. The number of carbonyl (C=O) groups excluding carboxylic acids is 1. The molecule has 2 rings (SSSR count). The lowest BCUT2D eigenvalue weighted by atomic mass is 10.3. The normalized spacial score (nSPS) is 10.6. The van der Waals surface area contributed by atoms with Crippen molar-refractivity contribution in [2.45, 2.75) is 27.3 Å². The van der Waals surface area contributed by atoms with Crippen molar-refractivity contribution < 1.29 is 9.21 Å². The molecule has 0 atom stereocenters. The number of hydrogen-bond donors (Lipinski definition) is 2. The van der Waals surface area contributed by atoms with E-state index in [9.17, 15) is 4.79 Å². The summed E-state index contributed by atoms with van der Waals surface area (Å²) in [5.41, 5.74) is 8.59. The number of oxazole rings is 1. The molecule has 0 fully saturated rings. The van der Waals surface area contributed by atoms with Gasteiger partial charge >= 0.3 is 6.01 Å². The van der Waals surface area contributed by atoms with Crippen molar-refractivity contribution in [2.24, 2.45) is 0 Å². The number of nitrogen functional groups attached to an aromatic ring is 1. The van der Waals surface area contributed by atoms with Crippen LogP contribution in [0.2, 0.25) is 0 Å². The maximum Gasteiger partial charge on any atom is 0.301 e. The Kier molecular flexibility index (Phi) is 3.05. The first-order valence-corrected chi connectivity index (χ1v) is 5.49. The fourth-order valence-corrected chi connectivity index (χ4v) is 1.57. The molecule has 0 aliphatic carbocycles. The molecule has 3 N–H and O–H groups in total. The predicted octanol–water partition coefficient (Wildman–Crippen LogP) is 1.02. The summed E-state index contributed by atoms with van der Waals surface area (Å²) in [7, 11) is 0. The van der Waals surface area contributed by atoms with Gasteiger partial charge in [0, 0.05) is 0 Å². The van der Waals surface area contributed by atoms with E-state index in [0.29, 0.717) is 17.1 Å². The number of aromatic nitrogens is 3. The van der Waals surface area contributed by atoms with E-state index in [1.807, 2.05) is 6.92 Å². The third-order valence-electron chi connectivity index (χ3n) is 2.60. The van der Waals surface area contributed by atoms with E-state index in [1.54, 1.807) is 18.5 Å². The maximum absolute atomic E-state index is 11.8. The van der Waals surface area contributed by atoms with Crippen molar-refractivity contribution in [1.82, 2.24) is 14.8 Å². The molecule has 1 amide bonds. The van der Waals surface area contributed by atoms with Crippen molar-refractivity contribution in [3.05, 3.63) is 23.3 Å². The summed E-state index contributed by atoms with van der Waals surface area (Å²) in [6.45, 7) is 5.47. The Morgan fingerprint density at radius 2 is 2.22 bits per heavy atom. The number of hydrogen-bond acceptors (Lipinski definition) is 5. The van der Waals surface area contributed by atoms with Crippen molar-refractivity contribution in [3.8, 4) is 0 Å². The van der Waals surface area contributed by atoms with Gasteiger partial charge < -0.3 is 10.2 Å². The van der Waals surface area contributed by atoms with E-state index in [4.69, 9.17) is 10.2 Å². The zero-order chi connectivity index (χ0) is 13.3. The number of carbonyl (C=O) groups is 1. The molecule has 0 unspecified atom stereocenters. The quantitative estimate of drug-likeness (QED) is 0.846. The Morgan fingerprint density at radius 1 is 1.50 bits per heavy atom. The van der Waals surface area contributed by atoms with E-state index >= 15 is 0 Å². The number of nitrogens with one attached hydrogen (secondary N) is 1. The van der Waals surface area contributed by atoms with Gasteiger partial charge in [-0.15, -0.1) is 0 Å². The number of aryl methyl sites for hydroxylation is 2. The van der Waals surface area contributed by atoms with Crippen LogP contribution in [-0.2, 0) is 11.3 Å². The van der Waals surface area contributed by atoms with Crippen molar-refractivity contribution in [2.75, 3.05) is 11.1 Å². The van der Waals surface area contributed by atoms with Gasteiger partial charge in [-0.05, 0) is 20.8 Å². The minimum Gasteiger partial charge on any atom is -0.432 e. The van der Waals surface area contributed by atoms with Crippen molar-refractivity contribution in [3.63, 3.8) is 0 Å². The van der Waals surface area contributed by atoms with E-state index in [1.165, 1.54) is 6.26 Å². The molecule has 0 radical (unpaired) electrons. The highest BCUT2D eigenvalue weighted by molar-refractivity contribution is 5.88. The first kappa shape index (κ1) is 12.2. The SMILES string of the molecule is Cc1coc(NC(=O)Cn2nc(C)c(N)c2C)n1. The monoisotopic (exact) mass is 249 g/mol. The molecule has 2 heterocycles. The molecule has 7 nitrogen and oxygen atoms in total. The van der Waals surface area contributed by atoms with Gasteiger partial charge in [-0.1, -0.05) is 0 Å². The average molecular weight is 249 g/mol. The molecule has 7 heteroatoms. The molecule has 2 aromatic heterocycles. The summed E-state index contributed by atoms with van der Waals surface area (Å²) < 4.78 is 6.59. The lowest BCUT2D eigenvalue weighted by molar-refractivity contribution is -0.117. The second kappa shape index (κ2) is 4.52. The minimum absolute atomic E-state index is 0.0747. The summed E-state index contributed by atoms with van der Waals surface area (Å²) in [4.78, 5) is 15.7. The van der Waals surface area contributed by atoms with Gasteiger partial charge in [0.25, 0.3) is 0 Å². The van der Waals surface area contributed by atoms with Crippen LogP contribution >= 0.6 is 0 Å². The van der Waals surface area contributed by atoms with E-state index in [-0.39, 0.29) is 18.5 Å². The van der Waals surface area contributed by atoms with Crippen LogP contribution in [0.4, 0.5) is 11.7 Å². The average Bonchev–Trinajstić information content (AvgIpc) is 2.80. The molecule has 0 spiro atoms. The number of rotatable bonds is 3. The molecule has 18 heavy (non-hydrogen) atoms. The molecule has 0 bridgehead atoms. The molecular weight excluding hydrogens is 234 g/mol. The molecule has 0 aromatic carbocycles. The lowest BCUT2D eigenvalue weighted by Gasteiger charge is -2.03. The Morgan fingerprint density at radius 3 is 2.72 bits per heavy atom. The smallest absolute Gasteiger partial charge is 0.301 e. The Hall–Kier alpha value is -2.31. The zero-order valence-electron chi connectivity index (χ0n) is 10.5. The fourth-order valence-electron chi connectivity index (χ4n) is 1.57. The number of nitrogens with zero attached hydrogens (tertiary/aromatic N) is 3. The zero-order valence-corrected chi connectivity index (χ0v) is 10.5. The molecule has 0 saturated carbocycles. The summed E-state index contributed by atoms with van der Waals surface area (Å²) in [6, 6.07) is 0.187. The highest BCUT2D eigenvalue weighted by atomic mass is 16.4. The van der Waals surface area contributed by atoms with Crippen LogP contribution in [0.5, 0.6) is 0 Å². The molecule has 96 valence electrons. The molecule has 2 aromatic rings. The van der Waals surface area contributed by atoms with Gasteiger partial charge in [-0.2, -0.15) is 10.1 Å². The first-order chi connectivity index (χ1) is 8.47. The third kappa shape index (κ3) is 2.34. The Labute approximate surface area is 104 Å². The van der Waals surface area contributed by atoms with Crippen LogP contribution in [0.1, 0.15) is 17.1 Å². The number of nitrogens with two attached hydrogens (primary N) is 1. The molecular formula is C11H15N5O2. The van der Waals surface area contributed by atoms with Crippen LogP contribution in [0, 0.1) is 20.8 Å².